The van der Waals surface area contributed by atoms with E-state index >= 15 is 0 Å². The largest absolute Gasteiger partial charge is 0.476 e. The Hall–Kier alpha value is -1.81. The Morgan fingerprint density at radius 1 is 1.24 bits per heavy atom. The van der Waals surface area contributed by atoms with Gasteiger partial charge in [0.1, 0.15) is 6.61 Å². The van der Waals surface area contributed by atoms with Crippen LogP contribution in [0, 0.1) is 0 Å². The molecule has 2 N–H and O–H groups in total. The van der Waals surface area contributed by atoms with Crippen molar-refractivity contribution >= 4 is 16.5 Å². The van der Waals surface area contributed by atoms with Gasteiger partial charge >= 0.3 is 0 Å². The average Bonchev–Trinajstić information content (AvgIpc) is 2.30. The van der Waals surface area contributed by atoms with E-state index in [1.165, 1.54) is 0 Å². The third kappa shape index (κ3) is 2.65. The zero-order valence-corrected chi connectivity index (χ0v) is 10.2. The van der Waals surface area contributed by atoms with Crippen LogP contribution in [-0.4, -0.2) is 37.1 Å². The maximum Gasteiger partial charge on any atom is 0.221 e. The molecule has 2 aromatic rings. The van der Waals surface area contributed by atoms with Crippen molar-refractivity contribution in [2.75, 3.05) is 33.0 Å². The predicted octanol–water partition coefficient (Wildman–Crippen LogP) is 1.76. The third-order valence-corrected chi connectivity index (χ3v) is 2.58. The second-order valence-electron chi connectivity index (χ2n) is 4.21. The topological polar surface area (TPSA) is 51.4 Å². The van der Waals surface area contributed by atoms with Crippen molar-refractivity contribution < 1.29 is 4.74 Å². The number of benzene rings is 1. The molecule has 2 rings (SSSR count). The minimum Gasteiger partial charge on any atom is -0.476 e. The highest BCUT2D eigenvalue weighted by Gasteiger charge is 2.05. The van der Waals surface area contributed by atoms with Gasteiger partial charge in [0.2, 0.25) is 5.88 Å². The fourth-order valence-electron chi connectivity index (χ4n) is 1.64. The lowest BCUT2D eigenvalue weighted by atomic mass is 10.1. The summed E-state index contributed by atoms with van der Waals surface area (Å²) in [5, 5.41) is 1.95. The van der Waals surface area contributed by atoms with Crippen LogP contribution in [0.2, 0.25) is 0 Å². The highest BCUT2D eigenvalue weighted by atomic mass is 16.5. The van der Waals surface area contributed by atoms with Crippen LogP contribution in [0.3, 0.4) is 0 Å². The Morgan fingerprint density at radius 3 is 2.82 bits per heavy atom. The molecule has 0 unspecified atom stereocenters. The van der Waals surface area contributed by atoms with Crippen molar-refractivity contribution in [1.29, 1.82) is 0 Å². The quantitative estimate of drug-likeness (QED) is 0.815. The summed E-state index contributed by atoms with van der Waals surface area (Å²) in [6, 6.07) is 7.68. The number of nitrogens with zero attached hydrogens (tertiary/aromatic N) is 2. The molecule has 0 aliphatic heterocycles. The van der Waals surface area contributed by atoms with E-state index in [-0.39, 0.29) is 0 Å². The Labute approximate surface area is 101 Å². The van der Waals surface area contributed by atoms with Gasteiger partial charge in [-0.3, -0.25) is 0 Å². The molecule has 1 heterocycles. The van der Waals surface area contributed by atoms with E-state index in [4.69, 9.17) is 10.5 Å². The molecule has 0 amide bonds. The summed E-state index contributed by atoms with van der Waals surface area (Å²) in [4.78, 5) is 6.32. The number of likely N-dealkylation sites (N-methyl/N-ethyl adjacent to an activating group) is 1. The number of nitrogen functional groups attached to an aromatic ring is 1. The third-order valence-electron chi connectivity index (χ3n) is 2.58. The van der Waals surface area contributed by atoms with Crippen molar-refractivity contribution in [2.24, 2.45) is 0 Å². The zero-order valence-electron chi connectivity index (χ0n) is 10.2. The van der Waals surface area contributed by atoms with Gasteiger partial charge in [0.05, 0.1) is 0 Å². The lowest BCUT2D eigenvalue weighted by Crippen LogP contribution is -2.19. The highest BCUT2D eigenvalue weighted by molar-refractivity contribution is 5.95. The summed E-state index contributed by atoms with van der Waals surface area (Å²) < 4.78 is 5.68. The lowest BCUT2D eigenvalue weighted by Gasteiger charge is -2.12. The molecule has 0 aliphatic rings. The number of fused-ring (bicyclic) bond motifs is 1. The molecular formula is C13H17N3O. The molecule has 0 bridgehead atoms. The van der Waals surface area contributed by atoms with Gasteiger partial charge in [-0.1, -0.05) is 6.07 Å². The van der Waals surface area contributed by atoms with E-state index in [2.05, 4.69) is 9.88 Å². The monoisotopic (exact) mass is 231 g/mol. The summed E-state index contributed by atoms with van der Waals surface area (Å²) in [5.74, 6) is 0.650. The first-order valence-corrected chi connectivity index (χ1v) is 5.59. The van der Waals surface area contributed by atoms with Gasteiger partial charge in [-0.15, -0.1) is 0 Å². The summed E-state index contributed by atoms with van der Waals surface area (Å²) in [6.07, 6.45) is 1.73. The summed E-state index contributed by atoms with van der Waals surface area (Å²) in [5.41, 5.74) is 6.66. The van der Waals surface area contributed by atoms with Gasteiger partial charge in [0, 0.05) is 29.2 Å². The van der Waals surface area contributed by atoms with Crippen LogP contribution in [0.5, 0.6) is 5.88 Å². The zero-order chi connectivity index (χ0) is 12.3. The van der Waals surface area contributed by atoms with Crippen molar-refractivity contribution in [2.45, 2.75) is 0 Å². The van der Waals surface area contributed by atoms with Crippen LogP contribution in [-0.2, 0) is 0 Å². The molecule has 0 saturated carbocycles. The Morgan fingerprint density at radius 2 is 2.06 bits per heavy atom. The van der Waals surface area contributed by atoms with Gasteiger partial charge in [0.25, 0.3) is 0 Å². The molecule has 0 aliphatic carbocycles. The molecular weight excluding hydrogens is 214 g/mol. The van der Waals surface area contributed by atoms with Crippen LogP contribution in [0.1, 0.15) is 0 Å². The smallest absolute Gasteiger partial charge is 0.221 e. The standard InChI is InChI=1S/C13H17N3O/c1-16(2)8-9-17-13-11-4-3-5-12(14)10(11)6-7-15-13/h3-7H,8-9,14H2,1-2H3. The van der Waals surface area contributed by atoms with Gasteiger partial charge in [-0.25, -0.2) is 4.98 Å². The van der Waals surface area contributed by atoms with Crippen LogP contribution >= 0.6 is 0 Å². The fourth-order valence-corrected chi connectivity index (χ4v) is 1.64. The maximum atomic E-state index is 5.91. The van der Waals surface area contributed by atoms with E-state index < -0.39 is 0 Å². The summed E-state index contributed by atoms with van der Waals surface area (Å²) >= 11 is 0. The molecule has 1 aromatic carbocycles. The van der Waals surface area contributed by atoms with Crippen LogP contribution in [0.25, 0.3) is 10.8 Å². The van der Waals surface area contributed by atoms with Gasteiger partial charge < -0.3 is 15.4 Å². The first-order chi connectivity index (χ1) is 8.18. The number of hydrogen-bond acceptors (Lipinski definition) is 4. The van der Waals surface area contributed by atoms with Gasteiger partial charge in [-0.05, 0) is 32.3 Å². The molecule has 0 spiro atoms. The van der Waals surface area contributed by atoms with Crippen LogP contribution < -0.4 is 10.5 Å². The Balaban J connectivity index is 2.25. The fraction of sp³-hybridized carbons (Fsp3) is 0.308. The van der Waals surface area contributed by atoms with E-state index in [9.17, 15) is 0 Å². The van der Waals surface area contributed by atoms with E-state index in [0.717, 1.165) is 23.0 Å². The first kappa shape index (κ1) is 11.7. The molecule has 0 atom stereocenters. The molecule has 4 heteroatoms. The number of pyridine rings is 1. The minimum atomic E-state index is 0.619. The number of anilines is 1. The molecule has 1 aromatic heterocycles. The number of rotatable bonds is 4. The molecule has 0 radical (unpaired) electrons. The summed E-state index contributed by atoms with van der Waals surface area (Å²) in [6.45, 7) is 1.48. The minimum absolute atomic E-state index is 0.619. The normalized spacial score (nSPS) is 11.0. The van der Waals surface area contributed by atoms with Crippen molar-refractivity contribution in [3.05, 3.63) is 30.5 Å². The number of hydrogen-bond donors (Lipinski definition) is 1. The van der Waals surface area contributed by atoms with Gasteiger partial charge in [-0.2, -0.15) is 0 Å². The highest BCUT2D eigenvalue weighted by Crippen LogP contribution is 2.26. The number of nitrogens with two attached hydrogens (primary N) is 1. The van der Waals surface area contributed by atoms with Crippen molar-refractivity contribution in [3.63, 3.8) is 0 Å². The molecule has 17 heavy (non-hydrogen) atoms. The number of aromatic nitrogens is 1. The van der Waals surface area contributed by atoms with Crippen LogP contribution in [0.4, 0.5) is 5.69 Å². The van der Waals surface area contributed by atoms with Crippen molar-refractivity contribution in [3.8, 4) is 5.88 Å². The SMILES string of the molecule is CN(C)CCOc1nccc2c(N)cccc12. The number of ether oxygens (including phenoxy) is 1. The Bertz CT molecular complexity index is 511. The van der Waals surface area contributed by atoms with Crippen LogP contribution in [0.15, 0.2) is 30.5 Å². The van der Waals surface area contributed by atoms with Crippen molar-refractivity contribution in [1.82, 2.24) is 9.88 Å². The molecule has 0 saturated heterocycles. The molecule has 0 fully saturated rings. The predicted molar refractivity (Wildman–Crippen MR) is 70.2 cm³/mol. The maximum absolute atomic E-state index is 5.91. The first-order valence-electron chi connectivity index (χ1n) is 5.59. The van der Waals surface area contributed by atoms with E-state index in [1.807, 2.05) is 38.4 Å². The van der Waals surface area contributed by atoms with E-state index in [1.54, 1.807) is 6.20 Å². The van der Waals surface area contributed by atoms with E-state index in [0.29, 0.717) is 12.5 Å². The molecule has 4 nitrogen and oxygen atoms in total. The lowest BCUT2D eigenvalue weighted by molar-refractivity contribution is 0.256. The molecule has 90 valence electrons. The van der Waals surface area contributed by atoms with Gasteiger partial charge in [0.15, 0.2) is 0 Å². The summed E-state index contributed by atoms with van der Waals surface area (Å²) in [7, 11) is 4.02. The average molecular weight is 231 g/mol. The Kier molecular flexibility index (Phi) is 3.44. The second-order valence-corrected chi connectivity index (χ2v) is 4.21. The second kappa shape index (κ2) is 5.01.